The first-order valence-corrected chi connectivity index (χ1v) is 11.0. The molecule has 0 amide bonds. The van der Waals surface area contributed by atoms with E-state index in [2.05, 4.69) is 58.7 Å². The van der Waals surface area contributed by atoms with Crippen molar-refractivity contribution in [1.82, 2.24) is 24.3 Å². The van der Waals surface area contributed by atoms with Crippen LogP contribution in [0.5, 0.6) is 5.75 Å². The third kappa shape index (κ3) is 4.79. The van der Waals surface area contributed by atoms with Crippen LogP contribution in [0.1, 0.15) is 31.9 Å². The predicted octanol–water partition coefficient (Wildman–Crippen LogP) is 3.64. The predicted molar refractivity (Wildman–Crippen MR) is 126 cm³/mol. The lowest BCUT2D eigenvalue weighted by Gasteiger charge is -2.42. The summed E-state index contributed by atoms with van der Waals surface area (Å²) in [6.45, 7) is 12.8. The molecule has 1 aromatic carbocycles. The Balaban J connectivity index is 1.53. The van der Waals surface area contributed by atoms with Crippen LogP contribution in [-0.4, -0.2) is 63.2 Å². The molecule has 166 valence electrons. The Bertz CT molecular complexity index is 1070. The van der Waals surface area contributed by atoms with Crippen LogP contribution in [0.25, 0.3) is 11.0 Å². The molecule has 0 saturated carbocycles. The Kier molecular flexibility index (Phi) is 6.10. The molecule has 2 N–H and O–H groups in total. The van der Waals surface area contributed by atoms with Crippen molar-refractivity contribution in [3.63, 3.8) is 0 Å². The van der Waals surface area contributed by atoms with E-state index in [0.29, 0.717) is 11.7 Å². The third-order valence-corrected chi connectivity index (χ3v) is 6.26. The van der Waals surface area contributed by atoms with Crippen molar-refractivity contribution >= 4 is 28.6 Å². The van der Waals surface area contributed by atoms with Crippen LogP contribution in [-0.2, 0) is 13.1 Å². The minimum Gasteiger partial charge on any atom is -0.496 e. The van der Waals surface area contributed by atoms with Crippen LogP contribution < -0.4 is 10.5 Å². The molecule has 8 heteroatoms. The second-order valence-electron chi connectivity index (χ2n) is 9.13. The average molecular weight is 443 g/mol. The van der Waals surface area contributed by atoms with Gasteiger partial charge in [0.1, 0.15) is 11.3 Å². The van der Waals surface area contributed by atoms with Crippen LogP contribution in [0.4, 0.5) is 5.95 Å². The molecule has 1 aliphatic heterocycles. The maximum atomic E-state index is 6.36. The zero-order chi connectivity index (χ0) is 22.2. The van der Waals surface area contributed by atoms with E-state index in [1.54, 1.807) is 7.11 Å². The number of hydrogen-bond acceptors (Lipinski definition) is 6. The van der Waals surface area contributed by atoms with Gasteiger partial charge in [-0.05, 0) is 44.5 Å². The van der Waals surface area contributed by atoms with E-state index in [-0.39, 0.29) is 11.5 Å². The molecule has 0 unspecified atom stereocenters. The summed E-state index contributed by atoms with van der Waals surface area (Å²) in [5.74, 6) is 1.04. The second kappa shape index (κ2) is 8.65. The lowest BCUT2D eigenvalue weighted by molar-refractivity contribution is 0.0591. The summed E-state index contributed by atoms with van der Waals surface area (Å²) in [4.78, 5) is 13.5. The average Bonchev–Trinajstić information content (AvgIpc) is 3.11. The third-order valence-electron chi connectivity index (χ3n) is 6.00. The number of aromatic nitrogens is 3. The number of nitrogen functional groups attached to an aromatic ring is 1. The molecule has 0 atom stereocenters. The summed E-state index contributed by atoms with van der Waals surface area (Å²) in [6, 6.07) is 8.35. The monoisotopic (exact) mass is 442 g/mol. The molecule has 3 aromatic rings. The van der Waals surface area contributed by atoms with Crippen molar-refractivity contribution in [2.24, 2.45) is 0 Å². The Labute approximate surface area is 188 Å². The molecule has 0 bridgehead atoms. The van der Waals surface area contributed by atoms with E-state index < -0.39 is 0 Å². The number of ether oxygens (including phenoxy) is 1. The summed E-state index contributed by atoms with van der Waals surface area (Å²) >= 11 is 6.36. The molecule has 31 heavy (non-hydrogen) atoms. The Morgan fingerprint density at radius 1 is 1.06 bits per heavy atom. The smallest absolute Gasteiger partial charge is 0.222 e. The van der Waals surface area contributed by atoms with Gasteiger partial charge in [-0.3, -0.25) is 9.80 Å². The highest BCUT2D eigenvalue weighted by atomic mass is 35.5. The molecular formula is C23H31ClN6O. The van der Waals surface area contributed by atoms with Crippen LogP contribution in [0, 0.1) is 0 Å². The van der Waals surface area contributed by atoms with E-state index in [9.17, 15) is 0 Å². The number of nitrogens with two attached hydrogens (primary N) is 1. The van der Waals surface area contributed by atoms with E-state index in [4.69, 9.17) is 22.1 Å². The maximum absolute atomic E-state index is 6.36. The minimum atomic E-state index is 0.182. The van der Waals surface area contributed by atoms with Gasteiger partial charge < -0.3 is 15.0 Å². The lowest BCUT2D eigenvalue weighted by Crippen LogP contribution is -2.53. The van der Waals surface area contributed by atoms with Gasteiger partial charge in [0.15, 0.2) is 5.15 Å². The number of methoxy groups -OCH3 is 1. The zero-order valence-corrected chi connectivity index (χ0v) is 19.5. The number of piperazine rings is 1. The Morgan fingerprint density at radius 3 is 2.48 bits per heavy atom. The summed E-state index contributed by atoms with van der Waals surface area (Å²) in [6.07, 6.45) is 1.96. The quantitative estimate of drug-likeness (QED) is 0.608. The first-order valence-electron chi connectivity index (χ1n) is 10.7. The van der Waals surface area contributed by atoms with Gasteiger partial charge in [0.2, 0.25) is 5.95 Å². The first kappa shape index (κ1) is 21.9. The minimum absolute atomic E-state index is 0.182. The maximum Gasteiger partial charge on any atom is 0.222 e. The van der Waals surface area contributed by atoms with Crippen molar-refractivity contribution < 1.29 is 4.74 Å². The van der Waals surface area contributed by atoms with E-state index in [0.717, 1.165) is 55.1 Å². The summed E-state index contributed by atoms with van der Waals surface area (Å²) in [7, 11) is 1.70. The van der Waals surface area contributed by atoms with Crippen LogP contribution in [0.15, 0.2) is 30.5 Å². The standard InChI is InChI=1S/C23H31ClN6O/c1-23(2,3)30-11-9-28(10-12-30)14-16-5-6-19(31-4)17(13-16)15-29-8-7-18-20(29)21(24)27-22(25)26-18/h5-8,13H,9-12,14-15H2,1-4H3,(H2,25,26,27). The van der Waals surface area contributed by atoms with Gasteiger partial charge in [0, 0.05) is 50.0 Å². The van der Waals surface area contributed by atoms with Gasteiger partial charge in [-0.25, -0.2) is 4.98 Å². The molecule has 0 radical (unpaired) electrons. The fourth-order valence-electron chi connectivity index (χ4n) is 4.28. The molecule has 2 aromatic heterocycles. The molecule has 7 nitrogen and oxygen atoms in total. The van der Waals surface area contributed by atoms with Crippen molar-refractivity contribution in [3.8, 4) is 5.75 Å². The van der Waals surface area contributed by atoms with E-state index in [1.807, 2.05) is 16.8 Å². The van der Waals surface area contributed by atoms with Gasteiger partial charge in [-0.1, -0.05) is 17.7 Å². The van der Waals surface area contributed by atoms with Gasteiger partial charge >= 0.3 is 0 Å². The highest BCUT2D eigenvalue weighted by Crippen LogP contribution is 2.27. The van der Waals surface area contributed by atoms with Crippen LogP contribution >= 0.6 is 11.6 Å². The summed E-state index contributed by atoms with van der Waals surface area (Å²) < 4.78 is 7.68. The van der Waals surface area contributed by atoms with Gasteiger partial charge in [-0.2, -0.15) is 4.98 Å². The van der Waals surface area contributed by atoms with Crippen molar-refractivity contribution in [1.29, 1.82) is 0 Å². The van der Waals surface area contributed by atoms with Gasteiger partial charge in [-0.15, -0.1) is 0 Å². The largest absolute Gasteiger partial charge is 0.496 e. The zero-order valence-electron chi connectivity index (χ0n) is 18.7. The SMILES string of the molecule is COc1ccc(CN2CCN(C(C)(C)C)CC2)cc1Cn1ccc2nc(N)nc(Cl)c21. The molecule has 1 saturated heterocycles. The van der Waals surface area contributed by atoms with Crippen molar-refractivity contribution in [2.45, 2.75) is 39.4 Å². The molecule has 1 fully saturated rings. The number of fused-ring (bicyclic) bond motifs is 1. The molecule has 3 heterocycles. The molecule has 4 rings (SSSR count). The highest BCUT2D eigenvalue weighted by Gasteiger charge is 2.25. The Morgan fingerprint density at radius 2 is 1.81 bits per heavy atom. The normalized spacial score (nSPS) is 16.2. The van der Waals surface area contributed by atoms with Crippen LogP contribution in [0.3, 0.4) is 0 Å². The number of rotatable bonds is 5. The molecular weight excluding hydrogens is 412 g/mol. The molecule has 0 spiro atoms. The first-order chi connectivity index (χ1) is 14.7. The van der Waals surface area contributed by atoms with E-state index in [1.165, 1.54) is 5.56 Å². The number of nitrogens with zero attached hydrogens (tertiary/aromatic N) is 5. The fraction of sp³-hybridized carbons (Fsp3) is 0.478. The number of halogens is 1. The second-order valence-corrected chi connectivity index (χ2v) is 9.49. The lowest BCUT2D eigenvalue weighted by atomic mass is 10.0. The summed E-state index contributed by atoms with van der Waals surface area (Å²) in [5.41, 5.74) is 9.86. The topological polar surface area (TPSA) is 72.4 Å². The molecule has 1 aliphatic rings. The Hall–Kier alpha value is -2.35. The van der Waals surface area contributed by atoms with Gasteiger partial charge in [0.25, 0.3) is 0 Å². The van der Waals surface area contributed by atoms with Gasteiger partial charge in [0.05, 0.1) is 19.2 Å². The molecule has 0 aliphatic carbocycles. The van der Waals surface area contributed by atoms with Crippen molar-refractivity contribution in [2.75, 3.05) is 39.0 Å². The van der Waals surface area contributed by atoms with Crippen LogP contribution in [0.2, 0.25) is 5.15 Å². The summed E-state index contributed by atoms with van der Waals surface area (Å²) in [5, 5.41) is 0.361. The van der Waals surface area contributed by atoms with Crippen molar-refractivity contribution in [3.05, 3.63) is 46.7 Å². The fourth-order valence-corrected chi connectivity index (χ4v) is 4.57. The van der Waals surface area contributed by atoms with E-state index >= 15 is 0 Å². The number of anilines is 1. The number of hydrogen-bond donors (Lipinski definition) is 1. The number of benzene rings is 1. The highest BCUT2D eigenvalue weighted by molar-refractivity contribution is 6.33.